The summed E-state index contributed by atoms with van der Waals surface area (Å²) in [7, 11) is 0. The molecule has 0 bridgehead atoms. The average Bonchev–Trinajstić information content (AvgIpc) is 3.08. The highest BCUT2D eigenvalue weighted by Crippen LogP contribution is 2.69. The second-order valence-corrected chi connectivity index (χ2v) is 14.1. The lowest BCUT2D eigenvalue weighted by Gasteiger charge is -2.64. The van der Waals surface area contributed by atoms with E-state index in [0.29, 0.717) is 22.7 Å². The number of hydrogen-bond acceptors (Lipinski definition) is 1. The Labute approximate surface area is 200 Å². The Morgan fingerprint density at radius 2 is 1.53 bits per heavy atom. The predicted octanol–water partition coefficient (Wildman–Crippen LogP) is 8.66. The van der Waals surface area contributed by atoms with Crippen LogP contribution >= 0.6 is 0 Å². The van der Waals surface area contributed by atoms with Gasteiger partial charge in [-0.3, -0.25) is 0 Å². The molecule has 0 aromatic carbocycles. The van der Waals surface area contributed by atoms with Gasteiger partial charge < -0.3 is 5.11 Å². The normalized spacial score (nSPS) is 49.2. The molecule has 0 radical (unpaired) electrons. The molecule has 4 saturated carbocycles. The van der Waals surface area contributed by atoms with Crippen molar-refractivity contribution in [3.05, 3.63) is 12.7 Å². The van der Waals surface area contributed by atoms with Crippen LogP contribution in [0.25, 0.3) is 0 Å². The van der Waals surface area contributed by atoms with Crippen molar-refractivity contribution in [3.8, 4) is 0 Å². The van der Waals surface area contributed by atoms with Gasteiger partial charge in [0.15, 0.2) is 0 Å². The largest absolute Gasteiger partial charge is 0.390 e. The molecule has 0 aromatic rings. The summed E-state index contributed by atoms with van der Waals surface area (Å²) in [6, 6.07) is 0. The fourth-order valence-corrected chi connectivity index (χ4v) is 10.3. The molecular formula is C31H54O. The first-order valence-corrected chi connectivity index (χ1v) is 14.4. The summed E-state index contributed by atoms with van der Waals surface area (Å²) < 4.78 is 0. The summed E-state index contributed by atoms with van der Waals surface area (Å²) in [5.41, 5.74) is 0.516. The summed E-state index contributed by atoms with van der Waals surface area (Å²) in [6.45, 7) is 18.9. The van der Waals surface area contributed by atoms with Crippen LogP contribution in [0.5, 0.6) is 0 Å². The van der Waals surface area contributed by atoms with Crippen molar-refractivity contribution in [2.75, 3.05) is 0 Å². The minimum atomic E-state index is -0.502. The van der Waals surface area contributed by atoms with Gasteiger partial charge in [0.1, 0.15) is 0 Å². The first-order chi connectivity index (χ1) is 15.0. The number of fused-ring (bicyclic) bond motifs is 5. The molecule has 4 aliphatic carbocycles. The van der Waals surface area contributed by atoms with Gasteiger partial charge in [-0.25, -0.2) is 0 Å². The monoisotopic (exact) mass is 442 g/mol. The maximum absolute atomic E-state index is 11.3. The SMILES string of the molecule is C=CCC1C2CC[C@H]3[C@@H]4CC[C@H]([C@H](C)CCCC(C)C)[C@@]4(C)CC[C@@H]3[C@@]2(C)CCC1(C)O. The molecule has 184 valence electrons. The highest BCUT2D eigenvalue weighted by molar-refractivity contribution is 5.12. The Hall–Kier alpha value is -0.300. The third-order valence-electron chi connectivity index (χ3n) is 12.0. The van der Waals surface area contributed by atoms with Crippen LogP contribution in [0, 0.1) is 58.2 Å². The zero-order valence-corrected chi connectivity index (χ0v) is 22.3. The second kappa shape index (κ2) is 9.05. The number of aliphatic hydroxyl groups is 1. The third-order valence-corrected chi connectivity index (χ3v) is 12.0. The van der Waals surface area contributed by atoms with E-state index >= 15 is 0 Å². The van der Waals surface area contributed by atoms with Crippen molar-refractivity contribution in [3.63, 3.8) is 0 Å². The van der Waals surface area contributed by atoms with Crippen molar-refractivity contribution in [1.29, 1.82) is 0 Å². The van der Waals surface area contributed by atoms with E-state index in [0.717, 1.165) is 48.3 Å². The first-order valence-electron chi connectivity index (χ1n) is 14.4. The van der Waals surface area contributed by atoms with E-state index in [4.69, 9.17) is 0 Å². The molecule has 32 heavy (non-hydrogen) atoms. The van der Waals surface area contributed by atoms with E-state index in [-0.39, 0.29) is 0 Å². The lowest BCUT2D eigenvalue weighted by molar-refractivity contribution is -0.178. The van der Waals surface area contributed by atoms with Gasteiger partial charge in [-0.2, -0.15) is 0 Å². The molecule has 4 aliphatic rings. The molecule has 3 unspecified atom stereocenters. The standard InChI is InChI=1S/C31H54O/c1-8-10-28-27-14-13-23-25-16-15-24(22(4)12-9-11-21(2)3)29(25,5)18-17-26(23)30(27,6)19-20-31(28,7)32/h8,21-28,32H,1,9-20H2,2-7H3/t22-,23+,24-,25+,26+,27?,28?,29-,30-,31?/m1/s1. The molecule has 1 N–H and O–H groups in total. The fourth-order valence-electron chi connectivity index (χ4n) is 10.3. The van der Waals surface area contributed by atoms with Gasteiger partial charge in [0, 0.05) is 0 Å². The van der Waals surface area contributed by atoms with Crippen LogP contribution in [-0.4, -0.2) is 10.7 Å². The molecule has 10 atom stereocenters. The van der Waals surface area contributed by atoms with Gasteiger partial charge in [0.2, 0.25) is 0 Å². The summed E-state index contributed by atoms with van der Waals surface area (Å²) >= 11 is 0. The summed E-state index contributed by atoms with van der Waals surface area (Å²) in [5, 5.41) is 11.3. The quantitative estimate of drug-likeness (QED) is 0.391. The van der Waals surface area contributed by atoms with Crippen molar-refractivity contribution in [2.45, 2.75) is 124 Å². The van der Waals surface area contributed by atoms with Crippen LogP contribution in [0.15, 0.2) is 12.7 Å². The zero-order chi connectivity index (χ0) is 23.3. The first kappa shape index (κ1) is 24.8. The zero-order valence-electron chi connectivity index (χ0n) is 22.3. The molecule has 0 spiro atoms. The average molecular weight is 443 g/mol. The molecule has 0 aromatic heterocycles. The Bertz CT molecular complexity index is 663. The lowest BCUT2D eigenvalue weighted by Crippen LogP contribution is -2.59. The van der Waals surface area contributed by atoms with Crippen molar-refractivity contribution in [1.82, 2.24) is 0 Å². The van der Waals surface area contributed by atoms with E-state index in [1.165, 1.54) is 64.2 Å². The molecule has 0 heterocycles. The Kier molecular flexibility index (Phi) is 7.02. The molecule has 0 amide bonds. The van der Waals surface area contributed by atoms with Gasteiger partial charge in [-0.1, -0.05) is 60.0 Å². The minimum absolute atomic E-state index is 0.408. The van der Waals surface area contributed by atoms with Crippen LogP contribution in [0.1, 0.15) is 119 Å². The van der Waals surface area contributed by atoms with Crippen molar-refractivity contribution in [2.24, 2.45) is 58.2 Å². The van der Waals surface area contributed by atoms with Crippen LogP contribution in [0.3, 0.4) is 0 Å². The molecule has 1 heteroatoms. The summed E-state index contributed by atoms with van der Waals surface area (Å²) in [6.07, 6.45) is 18.2. The van der Waals surface area contributed by atoms with Gasteiger partial charge >= 0.3 is 0 Å². The molecule has 0 saturated heterocycles. The molecule has 4 fully saturated rings. The maximum atomic E-state index is 11.3. The minimum Gasteiger partial charge on any atom is -0.390 e. The van der Waals surface area contributed by atoms with Crippen molar-refractivity contribution < 1.29 is 5.11 Å². The van der Waals surface area contributed by atoms with Gasteiger partial charge in [-0.05, 0) is 123 Å². The van der Waals surface area contributed by atoms with Gasteiger partial charge in [0.25, 0.3) is 0 Å². The van der Waals surface area contributed by atoms with E-state index < -0.39 is 5.60 Å². The highest BCUT2D eigenvalue weighted by atomic mass is 16.3. The number of hydrogen-bond donors (Lipinski definition) is 1. The number of allylic oxidation sites excluding steroid dienone is 1. The molecule has 4 rings (SSSR count). The molecular weight excluding hydrogens is 388 g/mol. The fraction of sp³-hybridized carbons (Fsp3) is 0.935. The van der Waals surface area contributed by atoms with E-state index in [2.05, 4.69) is 54.2 Å². The Balaban J connectivity index is 1.50. The van der Waals surface area contributed by atoms with Gasteiger partial charge in [0.05, 0.1) is 5.60 Å². The predicted molar refractivity (Wildman–Crippen MR) is 137 cm³/mol. The van der Waals surface area contributed by atoms with Crippen LogP contribution < -0.4 is 0 Å². The second-order valence-electron chi connectivity index (χ2n) is 14.1. The highest BCUT2D eigenvalue weighted by Gasteiger charge is 2.62. The number of rotatable bonds is 7. The van der Waals surface area contributed by atoms with E-state index in [9.17, 15) is 5.11 Å². The van der Waals surface area contributed by atoms with E-state index in [1.807, 2.05) is 0 Å². The smallest absolute Gasteiger partial charge is 0.0653 e. The Morgan fingerprint density at radius 3 is 2.22 bits per heavy atom. The van der Waals surface area contributed by atoms with Gasteiger partial charge in [-0.15, -0.1) is 6.58 Å². The summed E-state index contributed by atoms with van der Waals surface area (Å²) in [5.74, 6) is 6.57. The third kappa shape index (κ3) is 4.05. The summed E-state index contributed by atoms with van der Waals surface area (Å²) in [4.78, 5) is 0. The topological polar surface area (TPSA) is 20.2 Å². The lowest BCUT2D eigenvalue weighted by atomic mass is 9.41. The van der Waals surface area contributed by atoms with E-state index in [1.54, 1.807) is 0 Å². The molecule has 0 aliphatic heterocycles. The van der Waals surface area contributed by atoms with Crippen LogP contribution in [0.4, 0.5) is 0 Å². The maximum Gasteiger partial charge on any atom is 0.0653 e. The van der Waals surface area contributed by atoms with Crippen LogP contribution in [-0.2, 0) is 0 Å². The van der Waals surface area contributed by atoms with Crippen LogP contribution in [0.2, 0.25) is 0 Å². The molecule has 1 nitrogen and oxygen atoms in total. The Morgan fingerprint density at radius 1 is 0.844 bits per heavy atom. The van der Waals surface area contributed by atoms with Crippen molar-refractivity contribution >= 4 is 0 Å².